The number of hydrogen-bond donors (Lipinski definition) is 2. The predicted molar refractivity (Wildman–Crippen MR) is 80.2 cm³/mol. The van der Waals surface area contributed by atoms with Crippen LogP contribution in [0.1, 0.15) is 33.6 Å². The summed E-state index contributed by atoms with van der Waals surface area (Å²) in [6, 6.07) is -0.181. The highest BCUT2D eigenvalue weighted by Gasteiger charge is 2.16. The quantitative estimate of drug-likeness (QED) is 0.770. The molecule has 1 aromatic heterocycles. The van der Waals surface area contributed by atoms with Gasteiger partial charge >= 0.3 is 12.0 Å². The van der Waals surface area contributed by atoms with Gasteiger partial charge in [0.05, 0.1) is 11.9 Å². The third-order valence-electron chi connectivity index (χ3n) is 3.48. The summed E-state index contributed by atoms with van der Waals surface area (Å²) in [5.74, 6) is -0.481. The van der Waals surface area contributed by atoms with Crippen LogP contribution in [0.15, 0.2) is 12.4 Å². The first-order valence-electron chi connectivity index (χ1n) is 7.30. The molecule has 2 N–H and O–H groups in total. The van der Waals surface area contributed by atoms with E-state index in [0.717, 1.165) is 19.4 Å². The van der Waals surface area contributed by atoms with Gasteiger partial charge in [0.1, 0.15) is 6.54 Å². The molecule has 21 heavy (non-hydrogen) atoms. The maximum absolute atomic E-state index is 12.2. The van der Waals surface area contributed by atoms with E-state index in [1.54, 1.807) is 4.90 Å². The van der Waals surface area contributed by atoms with Crippen molar-refractivity contribution in [1.29, 1.82) is 0 Å². The molecule has 0 atom stereocenters. The molecule has 0 fully saturated rings. The van der Waals surface area contributed by atoms with Gasteiger partial charge < -0.3 is 15.3 Å². The lowest BCUT2D eigenvalue weighted by Crippen LogP contribution is -2.38. The molecule has 0 aromatic carbocycles. The number of carboxylic acids is 1. The van der Waals surface area contributed by atoms with Crippen molar-refractivity contribution < 1.29 is 14.7 Å². The summed E-state index contributed by atoms with van der Waals surface area (Å²) in [6.07, 6.45) is 5.04. The predicted octanol–water partition coefficient (Wildman–Crippen LogP) is 2.26. The number of amides is 2. The highest BCUT2D eigenvalue weighted by Crippen LogP contribution is 2.12. The van der Waals surface area contributed by atoms with Gasteiger partial charge in [-0.3, -0.25) is 9.48 Å². The summed E-state index contributed by atoms with van der Waals surface area (Å²) in [5, 5.41) is 15.3. The van der Waals surface area contributed by atoms with Crippen LogP contribution in [0.2, 0.25) is 0 Å². The van der Waals surface area contributed by atoms with E-state index in [2.05, 4.69) is 24.3 Å². The van der Waals surface area contributed by atoms with Crippen molar-refractivity contribution in [2.24, 2.45) is 5.92 Å². The van der Waals surface area contributed by atoms with E-state index in [1.165, 1.54) is 17.1 Å². The average Bonchev–Trinajstić information content (AvgIpc) is 2.86. The lowest BCUT2D eigenvalue weighted by Gasteiger charge is -2.25. The average molecular weight is 296 g/mol. The standard InChI is InChI=1S/C14H24N4O3/c1-4-11(5-2)8-17(6-3)14(21)16-12-7-15-18(9-12)10-13(19)20/h7,9,11H,4-6,8,10H2,1-3H3,(H,16,21)(H,19,20). The number of carbonyl (C=O) groups is 2. The monoisotopic (exact) mass is 296 g/mol. The van der Waals surface area contributed by atoms with Gasteiger partial charge in [-0.1, -0.05) is 26.7 Å². The minimum Gasteiger partial charge on any atom is -0.480 e. The van der Waals surface area contributed by atoms with Crippen LogP contribution >= 0.6 is 0 Å². The van der Waals surface area contributed by atoms with Gasteiger partial charge in [0.15, 0.2) is 0 Å². The van der Waals surface area contributed by atoms with Crippen molar-refractivity contribution in [3.8, 4) is 0 Å². The van der Waals surface area contributed by atoms with E-state index in [4.69, 9.17) is 5.11 Å². The van der Waals surface area contributed by atoms with Crippen molar-refractivity contribution in [2.45, 2.75) is 40.2 Å². The molecule has 0 unspecified atom stereocenters. The second-order valence-corrected chi connectivity index (χ2v) is 4.97. The number of carbonyl (C=O) groups excluding carboxylic acids is 1. The molecule has 0 radical (unpaired) electrons. The zero-order chi connectivity index (χ0) is 15.8. The van der Waals surface area contributed by atoms with E-state index in [0.29, 0.717) is 18.2 Å². The topological polar surface area (TPSA) is 87.5 Å². The van der Waals surface area contributed by atoms with Crippen LogP contribution in [-0.4, -0.2) is 44.9 Å². The van der Waals surface area contributed by atoms with Gasteiger partial charge in [0.2, 0.25) is 0 Å². The van der Waals surface area contributed by atoms with Gasteiger partial charge in [0.25, 0.3) is 0 Å². The van der Waals surface area contributed by atoms with Crippen molar-refractivity contribution in [3.05, 3.63) is 12.4 Å². The highest BCUT2D eigenvalue weighted by molar-refractivity contribution is 5.89. The van der Waals surface area contributed by atoms with E-state index >= 15 is 0 Å². The van der Waals surface area contributed by atoms with Crippen LogP contribution in [0.4, 0.5) is 10.5 Å². The first-order valence-corrected chi connectivity index (χ1v) is 7.30. The Morgan fingerprint density at radius 1 is 1.38 bits per heavy atom. The zero-order valence-corrected chi connectivity index (χ0v) is 12.9. The summed E-state index contributed by atoms with van der Waals surface area (Å²) >= 11 is 0. The van der Waals surface area contributed by atoms with Crippen LogP contribution < -0.4 is 5.32 Å². The van der Waals surface area contributed by atoms with E-state index < -0.39 is 5.97 Å². The third-order valence-corrected chi connectivity index (χ3v) is 3.48. The zero-order valence-electron chi connectivity index (χ0n) is 12.9. The Morgan fingerprint density at radius 2 is 2.05 bits per heavy atom. The molecule has 0 aliphatic heterocycles. The summed E-state index contributed by atoms with van der Waals surface area (Å²) in [6.45, 7) is 7.31. The molecule has 0 saturated carbocycles. The number of rotatable bonds is 8. The first kappa shape index (κ1) is 17.0. The fourth-order valence-electron chi connectivity index (χ4n) is 2.07. The van der Waals surface area contributed by atoms with Gasteiger partial charge in [-0.25, -0.2) is 4.79 Å². The number of hydrogen-bond acceptors (Lipinski definition) is 3. The SMILES string of the molecule is CCC(CC)CN(CC)C(=O)Nc1cnn(CC(=O)O)c1. The van der Waals surface area contributed by atoms with Crippen LogP contribution in [0.3, 0.4) is 0 Å². The van der Waals surface area contributed by atoms with Crippen molar-refractivity contribution in [2.75, 3.05) is 18.4 Å². The number of carboxylic acid groups (broad SMARTS) is 1. The number of aromatic nitrogens is 2. The molecule has 1 aromatic rings. The van der Waals surface area contributed by atoms with Crippen molar-refractivity contribution in [3.63, 3.8) is 0 Å². The molecule has 0 spiro atoms. The molecule has 118 valence electrons. The van der Waals surface area contributed by atoms with E-state index in [-0.39, 0.29) is 12.6 Å². The van der Waals surface area contributed by atoms with Crippen molar-refractivity contribution >= 4 is 17.7 Å². The van der Waals surface area contributed by atoms with Crippen LogP contribution in [-0.2, 0) is 11.3 Å². The van der Waals surface area contributed by atoms with Gasteiger partial charge in [-0.05, 0) is 12.8 Å². The Morgan fingerprint density at radius 3 is 2.57 bits per heavy atom. The highest BCUT2D eigenvalue weighted by atomic mass is 16.4. The molecule has 7 nitrogen and oxygen atoms in total. The summed E-state index contributed by atoms with van der Waals surface area (Å²) < 4.78 is 1.27. The molecular weight excluding hydrogens is 272 g/mol. The van der Waals surface area contributed by atoms with Gasteiger partial charge in [0, 0.05) is 19.3 Å². The van der Waals surface area contributed by atoms with E-state index in [1.807, 2.05) is 6.92 Å². The molecule has 0 aliphatic carbocycles. The largest absolute Gasteiger partial charge is 0.480 e. The van der Waals surface area contributed by atoms with Gasteiger partial charge in [-0.2, -0.15) is 5.10 Å². The molecule has 0 aliphatic rings. The second-order valence-electron chi connectivity index (χ2n) is 4.97. The molecule has 0 saturated heterocycles. The summed E-state index contributed by atoms with van der Waals surface area (Å²) in [7, 11) is 0. The van der Waals surface area contributed by atoms with Crippen molar-refractivity contribution in [1.82, 2.24) is 14.7 Å². The number of aliphatic carboxylic acids is 1. The minimum atomic E-state index is -0.972. The summed E-state index contributed by atoms with van der Waals surface area (Å²) in [5.41, 5.74) is 0.504. The molecular formula is C14H24N4O3. The molecule has 7 heteroatoms. The lowest BCUT2D eigenvalue weighted by atomic mass is 10.0. The molecule has 1 heterocycles. The first-order chi connectivity index (χ1) is 9.99. The number of anilines is 1. The molecule has 2 amide bonds. The van der Waals surface area contributed by atoms with E-state index in [9.17, 15) is 9.59 Å². The lowest BCUT2D eigenvalue weighted by molar-refractivity contribution is -0.137. The Kier molecular flexibility index (Phi) is 6.71. The maximum Gasteiger partial charge on any atom is 0.325 e. The minimum absolute atomic E-state index is 0.181. The fraction of sp³-hybridized carbons (Fsp3) is 0.643. The third kappa shape index (κ3) is 5.45. The van der Waals surface area contributed by atoms with Crippen LogP contribution in [0.25, 0.3) is 0 Å². The fourth-order valence-corrected chi connectivity index (χ4v) is 2.07. The molecule has 1 rings (SSSR count). The smallest absolute Gasteiger partial charge is 0.325 e. The van der Waals surface area contributed by atoms with Crippen LogP contribution in [0, 0.1) is 5.92 Å². The number of nitrogens with one attached hydrogen (secondary N) is 1. The number of urea groups is 1. The Bertz CT molecular complexity index is 469. The number of nitrogens with zero attached hydrogens (tertiary/aromatic N) is 3. The van der Waals surface area contributed by atoms with Crippen LogP contribution in [0.5, 0.6) is 0 Å². The Hall–Kier alpha value is -2.05. The van der Waals surface area contributed by atoms with Gasteiger partial charge in [-0.15, -0.1) is 0 Å². The summed E-state index contributed by atoms with van der Waals surface area (Å²) in [4.78, 5) is 24.5. The second kappa shape index (κ2) is 8.28. The Balaban J connectivity index is 2.61. The normalized spacial score (nSPS) is 10.7. The maximum atomic E-state index is 12.2. The molecule has 0 bridgehead atoms. The Labute approximate surface area is 124 Å².